The summed E-state index contributed by atoms with van der Waals surface area (Å²) in [6, 6.07) is 9.64. The topological polar surface area (TPSA) is 27.6 Å². The number of likely N-dealkylation sites (N-methyl/N-ethyl adjacent to an activating group) is 1. The van der Waals surface area contributed by atoms with E-state index < -0.39 is 6.98 Å². The summed E-state index contributed by atoms with van der Waals surface area (Å²) < 4.78 is 36.9. The molecular weight excluding hydrogens is 337 g/mol. The van der Waals surface area contributed by atoms with Crippen LogP contribution in [-0.2, 0) is 0 Å². The molecule has 2 aliphatic heterocycles. The average Bonchev–Trinajstić information content (AvgIpc) is 2.77. The molecule has 3 nitrogen and oxygen atoms in total. The maximum Gasteiger partial charge on any atom is 0.125 e. The predicted molar refractivity (Wildman–Crippen MR) is 102 cm³/mol. The van der Waals surface area contributed by atoms with Crippen LogP contribution in [0.15, 0.2) is 53.0 Å². The SMILES string of the molecule is [2H]C([2H])([2H])N1CCC(C2=Nc3cc(F)ccc3Nc3ccc(Cl)cc32)=C[C@@H]1C. The molecule has 2 heterocycles. The number of rotatable bonds is 1. The van der Waals surface area contributed by atoms with E-state index in [1.165, 1.54) is 17.0 Å². The zero-order chi connectivity index (χ0) is 20.1. The lowest BCUT2D eigenvalue weighted by atomic mass is 9.94. The Balaban J connectivity index is 1.86. The number of nitrogens with zero attached hydrogens (tertiary/aromatic N) is 2. The van der Waals surface area contributed by atoms with Gasteiger partial charge in [-0.3, -0.25) is 4.90 Å². The van der Waals surface area contributed by atoms with Gasteiger partial charge in [0.2, 0.25) is 0 Å². The van der Waals surface area contributed by atoms with E-state index in [0.29, 0.717) is 35.1 Å². The van der Waals surface area contributed by atoms with Gasteiger partial charge in [-0.25, -0.2) is 9.38 Å². The third-order valence-corrected chi connectivity index (χ3v) is 4.79. The minimum absolute atomic E-state index is 0.273. The number of fused-ring (bicyclic) bond motifs is 2. The summed E-state index contributed by atoms with van der Waals surface area (Å²) >= 11 is 6.24. The van der Waals surface area contributed by atoms with Gasteiger partial charge in [0.25, 0.3) is 0 Å². The van der Waals surface area contributed by atoms with Crippen LogP contribution < -0.4 is 5.32 Å². The Hall–Kier alpha value is -2.17. The van der Waals surface area contributed by atoms with E-state index in [0.717, 1.165) is 16.8 Å². The number of nitrogens with one attached hydrogen (secondary N) is 1. The molecule has 25 heavy (non-hydrogen) atoms. The molecule has 0 spiro atoms. The molecule has 128 valence electrons. The van der Waals surface area contributed by atoms with E-state index in [9.17, 15) is 4.39 Å². The molecular formula is C20H19ClFN3. The first-order valence-corrected chi connectivity index (χ1v) is 8.53. The van der Waals surface area contributed by atoms with Gasteiger partial charge < -0.3 is 5.32 Å². The molecule has 0 saturated carbocycles. The molecule has 0 aromatic heterocycles. The summed E-state index contributed by atoms with van der Waals surface area (Å²) in [6.45, 7) is 0.0978. The molecule has 0 amide bonds. The van der Waals surface area contributed by atoms with Gasteiger partial charge in [-0.2, -0.15) is 0 Å². The Kier molecular flexibility index (Phi) is 3.29. The van der Waals surface area contributed by atoms with Gasteiger partial charge in [0, 0.05) is 39.0 Å². The van der Waals surface area contributed by atoms with Gasteiger partial charge in [-0.15, -0.1) is 0 Å². The number of benzene rings is 2. The van der Waals surface area contributed by atoms with Crippen molar-refractivity contribution >= 4 is 34.4 Å². The zero-order valence-corrected chi connectivity index (χ0v) is 14.4. The van der Waals surface area contributed by atoms with Crippen molar-refractivity contribution in [3.63, 3.8) is 0 Å². The number of hydrogen-bond donors (Lipinski definition) is 1. The maximum absolute atomic E-state index is 13.8. The molecule has 1 N–H and O–H groups in total. The summed E-state index contributed by atoms with van der Waals surface area (Å²) in [5, 5.41) is 3.87. The first kappa shape index (κ1) is 13.1. The molecule has 0 saturated heterocycles. The van der Waals surface area contributed by atoms with Crippen molar-refractivity contribution in [1.29, 1.82) is 0 Å². The first-order valence-electron chi connectivity index (χ1n) is 9.65. The highest BCUT2D eigenvalue weighted by molar-refractivity contribution is 6.31. The van der Waals surface area contributed by atoms with Crippen LogP contribution >= 0.6 is 11.6 Å². The van der Waals surface area contributed by atoms with Crippen molar-refractivity contribution in [2.24, 2.45) is 4.99 Å². The third-order valence-electron chi connectivity index (χ3n) is 4.56. The fraction of sp³-hybridized carbons (Fsp3) is 0.250. The van der Waals surface area contributed by atoms with E-state index in [2.05, 4.69) is 5.32 Å². The second kappa shape index (κ2) is 6.28. The Morgan fingerprint density at radius 1 is 1.28 bits per heavy atom. The normalized spacial score (nSPS) is 22.2. The van der Waals surface area contributed by atoms with Crippen molar-refractivity contribution in [3.05, 3.63) is 64.5 Å². The minimum atomic E-state index is -2.15. The number of anilines is 2. The molecule has 2 aromatic rings. The van der Waals surface area contributed by atoms with Crippen LogP contribution in [0.5, 0.6) is 0 Å². The van der Waals surface area contributed by atoms with Crippen molar-refractivity contribution in [2.45, 2.75) is 19.4 Å². The van der Waals surface area contributed by atoms with E-state index in [4.69, 9.17) is 20.7 Å². The van der Waals surface area contributed by atoms with E-state index in [1.807, 2.05) is 25.1 Å². The fourth-order valence-electron chi connectivity index (χ4n) is 3.20. The lowest BCUT2D eigenvalue weighted by molar-refractivity contribution is 0.288. The molecule has 2 aliphatic rings. The van der Waals surface area contributed by atoms with Crippen LogP contribution in [0.2, 0.25) is 5.02 Å². The average molecular weight is 359 g/mol. The van der Waals surface area contributed by atoms with Crippen molar-refractivity contribution < 1.29 is 8.50 Å². The molecule has 1 atom stereocenters. The molecule has 0 unspecified atom stereocenters. The van der Waals surface area contributed by atoms with Gasteiger partial charge in [-0.1, -0.05) is 17.7 Å². The monoisotopic (exact) mass is 358 g/mol. The number of aliphatic imine (C=N–C) groups is 1. The fourth-order valence-corrected chi connectivity index (χ4v) is 3.37. The van der Waals surface area contributed by atoms with E-state index in [1.54, 1.807) is 12.1 Å². The molecule has 0 fully saturated rings. The van der Waals surface area contributed by atoms with Crippen molar-refractivity contribution in [2.75, 3.05) is 18.8 Å². The van der Waals surface area contributed by atoms with Gasteiger partial charge in [0.05, 0.1) is 17.1 Å². The maximum atomic E-state index is 13.8. The van der Waals surface area contributed by atoms with Crippen LogP contribution in [0.1, 0.15) is 23.0 Å². The van der Waals surface area contributed by atoms with E-state index >= 15 is 0 Å². The Morgan fingerprint density at radius 3 is 2.92 bits per heavy atom. The van der Waals surface area contributed by atoms with Gasteiger partial charge in [-0.05, 0) is 56.2 Å². The van der Waals surface area contributed by atoms with Crippen LogP contribution in [0.3, 0.4) is 0 Å². The van der Waals surface area contributed by atoms with Gasteiger partial charge in [0.1, 0.15) is 5.82 Å². The quantitative estimate of drug-likeness (QED) is 0.748. The summed E-state index contributed by atoms with van der Waals surface area (Å²) in [5.74, 6) is -0.368. The molecule has 4 rings (SSSR count). The van der Waals surface area contributed by atoms with Crippen LogP contribution in [0.4, 0.5) is 21.5 Å². The first-order chi connectivity index (χ1) is 13.2. The Morgan fingerprint density at radius 2 is 2.12 bits per heavy atom. The Labute approximate surface area is 156 Å². The standard InChI is InChI=1S/C20H19ClFN3/c1-12-9-13(7-8-25(12)2)20-16-10-14(21)3-5-17(16)23-18-6-4-15(22)11-19(18)24-20/h3-6,9-12,23H,7-8H2,1-2H3/t12-/m0/s1/i2D3. The summed E-state index contributed by atoms with van der Waals surface area (Å²) in [7, 11) is 0. The van der Waals surface area contributed by atoms with Crippen LogP contribution in [-0.4, -0.2) is 30.2 Å². The smallest absolute Gasteiger partial charge is 0.125 e. The van der Waals surface area contributed by atoms with Crippen molar-refractivity contribution in [3.8, 4) is 0 Å². The lowest BCUT2D eigenvalue weighted by Gasteiger charge is -2.29. The summed E-state index contributed by atoms with van der Waals surface area (Å²) in [4.78, 5) is 6.24. The lowest BCUT2D eigenvalue weighted by Crippen LogP contribution is -2.33. The molecule has 0 radical (unpaired) electrons. The molecule has 5 heteroatoms. The highest BCUT2D eigenvalue weighted by Gasteiger charge is 2.24. The Bertz CT molecular complexity index is 1000. The number of halogens is 2. The molecule has 2 aromatic carbocycles. The molecule has 0 aliphatic carbocycles. The largest absolute Gasteiger partial charge is 0.353 e. The van der Waals surface area contributed by atoms with E-state index in [-0.39, 0.29) is 11.9 Å². The second-order valence-corrected chi connectivity index (χ2v) is 6.75. The second-order valence-electron chi connectivity index (χ2n) is 6.31. The predicted octanol–water partition coefficient (Wildman–Crippen LogP) is 5.31. The number of hydrogen-bond acceptors (Lipinski definition) is 3. The minimum Gasteiger partial charge on any atom is -0.353 e. The highest BCUT2D eigenvalue weighted by Crippen LogP contribution is 2.38. The summed E-state index contributed by atoms with van der Waals surface area (Å²) in [6.07, 6.45) is 2.45. The van der Waals surface area contributed by atoms with Crippen LogP contribution in [0, 0.1) is 5.82 Å². The summed E-state index contributed by atoms with van der Waals surface area (Å²) in [5.41, 5.74) is 4.44. The van der Waals surface area contributed by atoms with Crippen LogP contribution in [0.25, 0.3) is 0 Å². The highest BCUT2D eigenvalue weighted by atomic mass is 35.5. The van der Waals surface area contributed by atoms with Gasteiger partial charge in [0.15, 0.2) is 0 Å². The zero-order valence-electron chi connectivity index (χ0n) is 16.7. The van der Waals surface area contributed by atoms with Gasteiger partial charge >= 0.3 is 0 Å². The van der Waals surface area contributed by atoms with Crippen molar-refractivity contribution in [1.82, 2.24) is 4.90 Å². The third kappa shape index (κ3) is 3.08. The molecule has 0 bridgehead atoms.